The van der Waals surface area contributed by atoms with Gasteiger partial charge in [-0.25, -0.2) is 8.78 Å². The highest BCUT2D eigenvalue weighted by atomic mass is 19.3. The number of amides is 1. The number of alkyl halides is 2. The molecule has 1 atom stereocenters. The Kier molecular flexibility index (Phi) is 8.62. The Labute approximate surface area is 136 Å². The molecule has 0 aromatic rings. The van der Waals surface area contributed by atoms with E-state index in [1.54, 1.807) is 0 Å². The van der Waals surface area contributed by atoms with Crippen molar-refractivity contribution in [1.82, 2.24) is 5.32 Å². The zero-order valence-corrected chi connectivity index (χ0v) is 13.8. The smallest absolute Gasteiger partial charge is 0.268 e. The zero-order valence-electron chi connectivity index (χ0n) is 13.8. The van der Waals surface area contributed by atoms with E-state index in [-0.39, 0.29) is 17.6 Å². The molecule has 1 unspecified atom stereocenters. The summed E-state index contributed by atoms with van der Waals surface area (Å²) in [6.45, 7) is 0.0284. The monoisotopic (exact) mass is 334 g/mol. The first-order valence-electron chi connectivity index (χ1n) is 8.32. The molecule has 1 fully saturated rings. The number of carbonyl (C=O) groups is 2. The Morgan fingerprint density at radius 1 is 1.30 bits per heavy atom. The van der Waals surface area contributed by atoms with Crippen LogP contribution < -0.4 is 11.1 Å². The van der Waals surface area contributed by atoms with E-state index >= 15 is 0 Å². The predicted octanol–water partition coefficient (Wildman–Crippen LogP) is 2.03. The van der Waals surface area contributed by atoms with Crippen molar-refractivity contribution in [3.63, 3.8) is 0 Å². The van der Waals surface area contributed by atoms with Gasteiger partial charge in [-0.2, -0.15) is 0 Å². The van der Waals surface area contributed by atoms with Crippen LogP contribution in [0.25, 0.3) is 0 Å². The minimum absolute atomic E-state index is 0.0410. The second-order valence-electron chi connectivity index (χ2n) is 6.36. The summed E-state index contributed by atoms with van der Waals surface area (Å²) in [6, 6.07) is -0.680. The molecule has 0 aromatic heterocycles. The van der Waals surface area contributed by atoms with Crippen molar-refractivity contribution < 1.29 is 23.1 Å². The first-order valence-corrected chi connectivity index (χ1v) is 8.32. The van der Waals surface area contributed by atoms with Gasteiger partial charge in [0.05, 0.1) is 6.04 Å². The highest BCUT2D eigenvalue weighted by Crippen LogP contribution is 2.25. The molecule has 5 nitrogen and oxygen atoms in total. The molecule has 0 bridgehead atoms. The standard InChI is InChI=1S/C16H28F2N2O3/c1-16(17,18)11-23-10-14(21)13(8-4-5-9-19)20-15(22)12-6-2-3-7-12/h12-13H,2-11,19H2,1H3,(H,20,22). The number of unbranched alkanes of at least 4 members (excludes halogenated alkanes) is 1. The number of nitrogens with one attached hydrogen (secondary N) is 1. The Bertz CT molecular complexity index is 380. The van der Waals surface area contributed by atoms with Crippen molar-refractivity contribution in [2.45, 2.75) is 63.8 Å². The normalized spacial score (nSPS) is 17.2. The van der Waals surface area contributed by atoms with E-state index in [0.29, 0.717) is 19.4 Å². The van der Waals surface area contributed by atoms with Gasteiger partial charge in [-0.15, -0.1) is 0 Å². The van der Waals surface area contributed by atoms with Crippen LogP contribution in [0.15, 0.2) is 0 Å². The number of hydrogen-bond donors (Lipinski definition) is 2. The van der Waals surface area contributed by atoms with Crippen LogP contribution in [0.2, 0.25) is 0 Å². The minimum atomic E-state index is -2.97. The zero-order chi connectivity index (χ0) is 17.3. The molecule has 23 heavy (non-hydrogen) atoms. The Morgan fingerprint density at radius 3 is 2.52 bits per heavy atom. The molecular weight excluding hydrogens is 306 g/mol. The van der Waals surface area contributed by atoms with Crippen LogP contribution in [0.3, 0.4) is 0 Å². The highest BCUT2D eigenvalue weighted by molar-refractivity contribution is 5.90. The summed E-state index contributed by atoms with van der Waals surface area (Å²) in [6.07, 6.45) is 5.64. The number of halogens is 2. The summed E-state index contributed by atoms with van der Waals surface area (Å²) < 4.78 is 30.2. The third kappa shape index (κ3) is 8.37. The molecule has 0 aliphatic heterocycles. The maximum Gasteiger partial charge on any atom is 0.268 e. The van der Waals surface area contributed by atoms with E-state index in [4.69, 9.17) is 10.5 Å². The molecule has 1 amide bonds. The van der Waals surface area contributed by atoms with Gasteiger partial charge in [0, 0.05) is 12.8 Å². The third-order valence-corrected chi connectivity index (χ3v) is 3.98. The van der Waals surface area contributed by atoms with Crippen molar-refractivity contribution in [2.24, 2.45) is 11.7 Å². The quantitative estimate of drug-likeness (QED) is 0.567. The summed E-state index contributed by atoms with van der Waals surface area (Å²) in [5.41, 5.74) is 5.44. The fraction of sp³-hybridized carbons (Fsp3) is 0.875. The minimum Gasteiger partial charge on any atom is -0.367 e. The maximum absolute atomic E-state index is 12.7. The number of hydrogen-bond acceptors (Lipinski definition) is 4. The topological polar surface area (TPSA) is 81.4 Å². The van der Waals surface area contributed by atoms with Crippen LogP contribution in [0, 0.1) is 5.92 Å². The molecule has 0 radical (unpaired) electrons. The lowest BCUT2D eigenvalue weighted by atomic mass is 10.0. The van der Waals surface area contributed by atoms with Crippen molar-refractivity contribution in [3.05, 3.63) is 0 Å². The van der Waals surface area contributed by atoms with E-state index in [0.717, 1.165) is 39.0 Å². The second-order valence-corrected chi connectivity index (χ2v) is 6.36. The Balaban J connectivity index is 2.48. The van der Waals surface area contributed by atoms with Crippen LogP contribution in [-0.4, -0.2) is 43.4 Å². The van der Waals surface area contributed by atoms with Gasteiger partial charge in [-0.05, 0) is 38.6 Å². The van der Waals surface area contributed by atoms with Gasteiger partial charge in [0.15, 0.2) is 5.78 Å². The number of ketones is 1. The SMILES string of the molecule is CC(F)(F)COCC(=O)C(CCCCN)NC(=O)C1CCCC1. The summed E-state index contributed by atoms with van der Waals surface area (Å²) in [5.74, 6) is -3.49. The molecule has 1 aliphatic carbocycles. The largest absolute Gasteiger partial charge is 0.367 e. The number of rotatable bonds is 11. The van der Waals surface area contributed by atoms with E-state index in [1.165, 1.54) is 0 Å². The van der Waals surface area contributed by atoms with Crippen LogP contribution >= 0.6 is 0 Å². The number of Topliss-reactive ketones (excluding diaryl/α,β-unsaturated/α-hetero) is 1. The summed E-state index contributed by atoms with van der Waals surface area (Å²) in [4.78, 5) is 24.3. The molecule has 1 aliphatic rings. The Hall–Kier alpha value is -1.08. The van der Waals surface area contributed by atoms with Crippen molar-refractivity contribution >= 4 is 11.7 Å². The van der Waals surface area contributed by atoms with Gasteiger partial charge >= 0.3 is 0 Å². The average molecular weight is 334 g/mol. The first-order chi connectivity index (χ1) is 10.8. The molecule has 7 heteroatoms. The van der Waals surface area contributed by atoms with Crippen LogP contribution in [0.1, 0.15) is 51.9 Å². The fourth-order valence-electron chi connectivity index (χ4n) is 2.72. The summed E-state index contributed by atoms with van der Waals surface area (Å²) in [5, 5.41) is 2.77. The molecule has 1 saturated carbocycles. The van der Waals surface area contributed by atoms with E-state index in [1.807, 2.05) is 0 Å². The second kappa shape index (κ2) is 9.93. The van der Waals surface area contributed by atoms with Crippen molar-refractivity contribution in [3.8, 4) is 0 Å². The van der Waals surface area contributed by atoms with E-state index < -0.39 is 25.2 Å². The lowest BCUT2D eigenvalue weighted by Gasteiger charge is -2.20. The maximum atomic E-state index is 12.7. The average Bonchev–Trinajstić information content (AvgIpc) is 2.99. The third-order valence-electron chi connectivity index (χ3n) is 3.98. The van der Waals surface area contributed by atoms with E-state index in [2.05, 4.69) is 5.32 Å². The molecule has 0 saturated heterocycles. The predicted molar refractivity (Wildman–Crippen MR) is 83.2 cm³/mol. The fourth-order valence-corrected chi connectivity index (χ4v) is 2.72. The van der Waals surface area contributed by atoms with E-state index in [9.17, 15) is 18.4 Å². The van der Waals surface area contributed by atoms with Gasteiger partial charge in [0.1, 0.15) is 13.2 Å². The molecule has 1 rings (SSSR count). The summed E-state index contributed by atoms with van der Waals surface area (Å²) in [7, 11) is 0. The van der Waals surface area contributed by atoms with Gasteiger partial charge in [0.25, 0.3) is 5.92 Å². The molecule has 134 valence electrons. The Morgan fingerprint density at radius 2 is 1.96 bits per heavy atom. The number of carbonyl (C=O) groups excluding carboxylic acids is 2. The molecule has 0 aromatic carbocycles. The lowest BCUT2D eigenvalue weighted by molar-refractivity contribution is -0.134. The lowest BCUT2D eigenvalue weighted by Crippen LogP contribution is -2.45. The first kappa shape index (κ1) is 20.0. The van der Waals surface area contributed by atoms with Gasteiger partial charge in [-0.3, -0.25) is 9.59 Å². The van der Waals surface area contributed by atoms with Crippen molar-refractivity contribution in [2.75, 3.05) is 19.8 Å². The molecule has 3 N–H and O–H groups in total. The van der Waals surface area contributed by atoms with Crippen LogP contribution in [0.5, 0.6) is 0 Å². The van der Waals surface area contributed by atoms with Crippen LogP contribution in [-0.2, 0) is 14.3 Å². The number of ether oxygens (including phenoxy) is 1. The number of nitrogens with two attached hydrogens (primary N) is 1. The summed E-state index contributed by atoms with van der Waals surface area (Å²) >= 11 is 0. The molecule has 0 spiro atoms. The van der Waals surface area contributed by atoms with Gasteiger partial charge < -0.3 is 15.8 Å². The van der Waals surface area contributed by atoms with Gasteiger partial charge in [0.2, 0.25) is 5.91 Å². The highest BCUT2D eigenvalue weighted by Gasteiger charge is 2.28. The van der Waals surface area contributed by atoms with Gasteiger partial charge in [-0.1, -0.05) is 12.8 Å². The van der Waals surface area contributed by atoms with Crippen LogP contribution in [0.4, 0.5) is 8.78 Å². The molecular formula is C16H28F2N2O3. The van der Waals surface area contributed by atoms with Crippen molar-refractivity contribution in [1.29, 1.82) is 0 Å². The molecule has 0 heterocycles.